The predicted molar refractivity (Wildman–Crippen MR) is 108 cm³/mol. The first-order valence-electron chi connectivity index (χ1n) is 10.9. The van der Waals surface area contributed by atoms with Gasteiger partial charge in [-0.05, 0) is 79.6 Å². The average Bonchev–Trinajstić information content (AvgIpc) is 3.18. The lowest BCUT2D eigenvalue weighted by atomic mass is 9.77. The Morgan fingerprint density at radius 3 is 2.18 bits per heavy atom. The summed E-state index contributed by atoms with van der Waals surface area (Å²) in [6, 6.07) is 5.65. The Morgan fingerprint density at radius 1 is 0.909 bits per heavy atom. The van der Waals surface area contributed by atoms with Crippen LogP contribution in [0.15, 0.2) is 36.4 Å². The van der Waals surface area contributed by atoms with Crippen LogP contribution in [-0.2, 0) is 12.4 Å². The first-order chi connectivity index (χ1) is 15.4. The molecule has 9 heteroatoms. The highest BCUT2D eigenvalue weighted by Gasteiger charge is 2.39. The van der Waals surface area contributed by atoms with Crippen molar-refractivity contribution < 1.29 is 35.5 Å². The summed E-state index contributed by atoms with van der Waals surface area (Å²) in [5, 5.41) is 3.47. The second kappa shape index (κ2) is 8.81. The van der Waals surface area contributed by atoms with E-state index in [0.29, 0.717) is 24.0 Å². The van der Waals surface area contributed by atoms with Crippen LogP contribution in [0, 0.1) is 17.7 Å². The highest BCUT2D eigenvalue weighted by atomic mass is 19.4. The van der Waals surface area contributed by atoms with E-state index in [1.54, 1.807) is 6.07 Å². The summed E-state index contributed by atoms with van der Waals surface area (Å²) in [7, 11) is 0. The number of alkyl halides is 6. The summed E-state index contributed by atoms with van der Waals surface area (Å²) in [5.74, 6) is 0.0223. The Balaban J connectivity index is 1.61. The fraction of sp³-hybridized carbons (Fsp3) is 0.500. The van der Waals surface area contributed by atoms with E-state index >= 15 is 0 Å². The minimum atomic E-state index is -4.97. The fourth-order valence-electron chi connectivity index (χ4n) is 5.00. The lowest BCUT2D eigenvalue weighted by Crippen LogP contribution is -2.21. The van der Waals surface area contributed by atoms with Gasteiger partial charge in [0, 0.05) is 6.04 Å². The summed E-state index contributed by atoms with van der Waals surface area (Å²) in [6.45, 7) is 2.16. The van der Waals surface area contributed by atoms with Crippen molar-refractivity contribution in [2.75, 3.05) is 6.54 Å². The largest absolute Gasteiger partial charge is 0.483 e. The molecule has 1 heterocycles. The zero-order chi connectivity index (χ0) is 24.0. The van der Waals surface area contributed by atoms with Crippen LogP contribution in [0.1, 0.15) is 67.0 Å². The Hall–Kier alpha value is -2.29. The van der Waals surface area contributed by atoms with Gasteiger partial charge in [-0.25, -0.2) is 4.39 Å². The van der Waals surface area contributed by atoms with E-state index in [9.17, 15) is 30.7 Å². The molecule has 4 rings (SSSR count). The van der Waals surface area contributed by atoms with Gasteiger partial charge in [0.15, 0.2) is 11.6 Å². The van der Waals surface area contributed by atoms with Crippen molar-refractivity contribution in [3.05, 3.63) is 64.5 Å². The van der Waals surface area contributed by atoms with E-state index in [4.69, 9.17) is 4.74 Å². The van der Waals surface area contributed by atoms with E-state index in [1.165, 1.54) is 25.5 Å². The maximum absolute atomic E-state index is 14.5. The van der Waals surface area contributed by atoms with Crippen LogP contribution in [0.3, 0.4) is 0 Å². The Kier molecular flexibility index (Phi) is 6.37. The molecule has 1 aliphatic carbocycles. The Bertz CT molecular complexity index is 969. The molecule has 2 aromatic rings. The van der Waals surface area contributed by atoms with Gasteiger partial charge in [-0.1, -0.05) is 18.9 Å². The van der Waals surface area contributed by atoms with Gasteiger partial charge >= 0.3 is 12.4 Å². The zero-order valence-corrected chi connectivity index (χ0v) is 17.9. The number of fused-ring (bicyclic) bond motifs is 1. The van der Waals surface area contributed by atoms with E-state index in [2.05, 4.69) is 5.32 Å². The molecule has 0 amide bonds. The van der Waals surface area contributed by atoms with Crippen molar-refractivity contribution in [2.45, 2.75) is 57.1 Å². The number of nitrogens with one attached hydrogen (secondary N) is 1. The van der Waals surface area contributed by atoms with Crippen molar-refractivity contribution in [3.8, 4) is 5.75 Å². The van der Waals surface area contributed by atoms with Crippen molar-refractivity contribution in [2.24, 2.45) is 11.8 Å². The maximum atomic E-state index is 14.5. The van der Waals surface area contributed by atoms with Crippen molar-refractivity contribution in [3.63, 3.8) is 0 Å². The summed E-state index contributed by atoms with van der Waals surface area (Å²) in [5.41, 5.74) is -2.41. The molecule has 33 heavy (non-hydrogen) atoms. The van der Waals surface area contributed by atoms with Gasteiger partial charge in [0.25, 0.3) is 0 Å². The van der Waals surface area contributed by atoms with Gasteiger partial charge in [0.1, 0.15) is 6.10 Å². The third kappa shape index (κ3) is 5.13. The molecule has 2 nitrogen and oxygen atoms in total. The van der Waals surface area contributed by atoms with E-state index < -0.39 is 35.4 Å². The number of benzene rings is 2. The molecular formula is C24H24F7NO. The predicted octanol–water partition coefficient (Wildman–Crippen LogP) is 7.45. The smallest absolute Gasteiger partial charge is 0.416 e. The summed E-state index contributed by atoms with van der Waals surface area (Å²) in [4.78, 5) is 0. The van der Waals surface area contributed by atoms with Gasteiger partial charge in [0.05, 0.1) is 11.1 Å². The molecule has 1 N–H and O–H groups in total. The highest BCUT2D eigenvalue weighted by Crippen LogP contribution is 2.44. The van der Waals surface area contributed by atoms with Gasteiger partial charge in [-0.2, -0.15) is 26.3 Å². The van der Waals surface area contributed by atoms with Crippen molar-refractivity contribution >= 4 is 0 Å². The molecule has 2 aromatic carbocycles. The minimum absolute atomic E-state index is 0.0129. The number of rotatable bonds is 4. The van der Waals surface area contributed by atoms with E-state index in [-0.39, 0.29) is 23.4 Å². The van der Waals surface area contributed by atoms with Gasteiger partial charge in [0.2, 0.25) is 0 Å². The number of halogens is 7. The molecule has 0 spiro atoms. The maximum Gasteiger partial charge on any atom is 0.416 e. The van der Waals surface area contributed by atoms with Gasteiger partial charge in [-0.3, -0.25) is 0 Å². The Labute approximate surface area is 187 Å². The molecule has 0 aromatic heterocycles. The van der Waals surface area contributed by atoms with Crippen LogP contribution in [-0.4, -0.2) is 6.54 Å². The van der Waals surface area contributed by atoms with Crippen LogP contribution in [0.5, 0.6) is 5.75 Å². The summed E-state index contributed by atoms with van der Waals surface area (Å²) in [6.07, 6.45) is -6.68. The van der Waals surface area contributed by atoms with Gasteiger partial charge < -0.3 is 10.1 Å². The molecule has 4 atom stereocenters. The highest BCUT2D eigenvalue weighted by molar-refractivity contribution is 5.37. The molecule has 0 radical (unpaired) electrons. The van der Waals surface area contributed by atoms with Crippen LogP contribution < -0.4 is 10.1 Å². The van der Waals surface area contributed by atoms with Crippen LogP contribution in [0.25, 0.3) is 0 Å². The molecule has 1 saturated heterocycles. The molecule has 3 unspecified atom stereocenters. The minimum Gasteiger partial charge on any atom is -0.483 e. The van der Waals surface area contributed by atoms with Crippen molar-refractivity contribution in [1.29, 1.82) is 0 Å². The van der Waals surface area contributed by atoms with Crippen LogP contribution in [0.2, 0.25) is 0 Å². The molecular weight excluding hydrogens is 451 g/mol. The van der Waals surface area contributed by atoms with Crippen LogP contribution >= 0.6 is 0 Å². The molecule has 2 fully saturated rings. The second-order valence-electron chi connectivity index (χ2n) is 8.88. The van der Waals surface area contributed by atoms with Gasteiger partial charge in [-0.15, -0.1) is 0 Å². The van der Waals surface area contributed by atoms with Crippen molar-refractivity contribution in [1.82, 2.24) is 5.32 Å². The number of ether oxygens (including phenoxy) is 1. The third-order valence-electron chi connectivity index (χ3n) is 6.69. The molecule has 1 saturated carbocycles. The molecule has 1 aliphatic heterocycles. The standard InChI is InChI=1S/C24H24F7NO/c1-13(16-8-17(23(26,27)28)11-18(9-16)24(29,30)31)33-21-10-14(6-7-20(21)25)22-19-5-3-2-4-15(19)12-32-22/h6-11,13,15,19,22,32H,2-5,12H2,1H3/t13-,15?,19?,22?/m1/s1. The summed E-state index contributed by atoms with van der Waals surface area (Å²) >= 11 is 0. The number of hydrogen-bond acceptors (Lipinski definition) is 2. The first-order valence-corrected chi connectivity index (χ1v) is 10.9. The fourth-order valence-corrected chi connectivity index (χ4v) is 5.00. The molecule has 2 aliphatic rings. The lowest BCUT2D eigenvalue weighted by Gasteiger charge is -2.28. The quantitative estimate of drug-likeness (QED) is 0.464. The van der Waals surface area contributed by atoms with E-state index in [0.717, 1.165) is 31.4 Å². The normalized spacial score (nSPS) is 24.4. The molecule has 180 valence electrons. The first kappa shape index (κ1) is 23.9. The number of hydrogen-bond donors (Lipinski definition) is 1. The summed E-state index contributed by atoms with van der Waals surface area (Å²) < 4.78 is 99.1. The Morgan fingerprint density at radius 2 is 1.55 bits per heavy atom. The lowest BCUT2D eigenvalue weighted by molar-refractivity contribution is -0.143. The second-order valence-corrected chi connectivity index (χ2v) is 8.88. The molecule has 0 bridgehead atoms. The zero-order valence-electron chi connectivity index (χ0n) is 17.9. The topological polar surface area (TPSA) is 21.3 Å². The van der Waals surface area contributed by atoms with E-state index in [1.807, 2.05) is 0 Å². The third-order valence-corrected chi connectivity index (χ3v) is 6.69. The average molecular weight is 475 g/mol. The van der Waals surface area contributed by atoms with Crippen LogP contribution in [0.4, 0.5) is 30.7 Å². The monoisotopic (exact) mass is 475 g/mol. The SMILES string of the molecule is C[C@@H](Oc1cc(C2NCC3CCCCC32)ccc1F)c1cc(C(F)(F)F)cc(C(F)(F)F)c1.